The first kappa shape index (κ1) is 20.3. The number of hydrogen-bond donors (Lipinski definition) is 1. The molecule has 0 saturated heterocycles. The number of carbonyl (C=O) groups is 2. The van der Waals surface area contributed by atoms with E-state index in [1.165, 1.54) is 37.1 Å². The van der Waals surface area contributed by atoms with Crippen LogP contribution in [-0.2, 0) is 9.59 Å². The van der Waals surface area contributed by atoms with Crippen molar-refractivity contribution < 1.29 is 14.7 Å². The van der Waals surface area contributed by atoms with Gasteiger partial charge in [-0.2, -0.15) is 5.10 Å². The van der Waals surface area contributed by atoms with Gasteiger partial charge in [0.25, 0.3) is 5.91 Å². The Morgan fingerprint density at radius 1 is 1.11 bits per heavy atom. The van der Waals surface area contributed by atoms with Gasteiger partial charge in [0.05, 0.1) is 5.69 Å². The molecule has 28 heavy (non-hydrogen) atoms. The quantitative estimate of drug-likeness (QED) is 0.779. The van der Waals surface area contributed by atoms with Crippen LogP contribution in [0.4, 0.5) is 5.69 Å². The summed E-state index contributed by atoms with van der Waals surface area (Å²) < 4.78 is 0. The zero-order chi connectivity index (χ0) is 20.1. The Bertz CT molecular complexity index is 716. The van der Waals surface area contributed by atoms with Crippen LogP contribution in [0.25, 0.3) is 0 Å². The molecule has 1 saturated carbocycles. The highest BCUT2D eigenvalue weighted by molar-refractivity contribution is 6.40. The maximum atomic E-state index is 12.8. The van der Waals surface area contributed by atoms with E-state index in [1.807, 2.05) is 18.2 Å². The molecule has 3 rings (SSSR count). The number of carboxylic acids is 1. The number of hydrazone groups is 1. The van der Waals surface area contributed by atoms with E-state index in [2.05, 4.69) is 17.0 Å². The van der Waals surface area contributed by atoms with Crippen LogP contribution in [-0.4, -0.2) is 71.8 Å². The fraction of sp³-hybridized carbons (Fsp3) is 0.571. The molecule has 1 aliphatic heterocycles. The summed E-state index contributed by atoms with van der Waals surface area (Å²) >= 11 is 0. The summed E-state index contributed by atoms with van der Waals surface area (Å²) in [7, 11) is 3.89. The summed E-state index contributed by atoms with van der Waals surface area (Å²) in [6.07, 6.45) is 6.47. The lowest BCUT2D eigenvalue weighted by molar-refractivity contribution is -0.138. The Hall–Kier alpha value is -2.41. The Morgan fingerprint density at radius 2 is 1.79 bits per heavy atom. The summed E-state index contributed by atoms with van der Waals surface area (Å²) in [6.45, 7) is 1.42. The summed E-state index contributed by atoms with van der Waals surface area (Å²) in [6, 6.07) is 8.88. The van der Waals surface area contributed by atoms with Crippen LogP contribution < -0.4 is 5.01 Å². The van der Waals surface area contributed by atoms with Crippen LogP contribution in [0.15, 0.2) is 35.4 Å². The van der Waals surface area contributed by atoms with Crippen molar-refractivity contribution in [2.24, 2.45) is 5.10 Å². The number of anilines is 1. The van der Waals surface area contributed by atoms with Crippen LogP contribution in [0.3, 0.4) is 0 Å². The average Bonchev–Trinajstić information content (AvgIpc) is 3.18. The van der Waals surface area contributed by atoms with Crippen molar-refractivity contribution >= 4 is 23.3 Å². The molecule has 1 fully saturated rings. The van der Waals surface area contributed by atoms with Crippen LogP contribution >= 0.6 is 0 Å². The fourth-order valence-electron chi connectivity index (χ4n) is 3.98. The Balaban J connectivity index is 1.61. The molecule has 1 aromatic carbocycles. The van der Waals surface area contributed by atoms with E-state index in [1.54, 1.807) is 24.1 Å². The van der Waals surface area contributed by atoms with Crippen molar-refractivity contribution in [3.63, 3.8) is 0 Å². The lowest BCUT2D eigenvalue weighted by Gasteiger charge is -2.32. The predicted molar refractivity (Wildman–Crippen MR) is 110 cm³/mol. The van der Waals surface area contributed by atoms with Gasteiger partial charge < -0.3 is 14.9 Å². The Morgan fingerprint density at radius 3 is 2.43 bits per heavy atom. The molecule has 1 aliphatic carbocycles. The first-order valence-electron chi connectivity index (χ1n) is 10.1. The van der Waals surface area contributed by atoms with E-state index >= 15 is 0 Å². The van der Waals surface area contributed by atoms with E-state index < -0.39 is 12.0 Å². The van der Waals surface area contributed by atoms with E-state index in [4.69, 9.17) is 0 Å². The highest BCUT2D eigenvalue weighted by atomic mass is 16.4. The van der Waals surface area contributed by atoms with Crippen LogP contribution in [0.5, 0.6) is 0 Å². The summed E-state index contributed by atoms with van der Waals surface area (Å²) in [4.78, 5) is 28.5. The lowest BCUT2D eigenvalue weighted by atomic mass is 9.94. The van der Waals surface area contributed by atoms with Gasteiger partial charge in [-0.3, -0.25) is 9.80 Å². The molecule has 0 radical (unpaired) electrons. The first-order chi connectivity index (χ1) is 13.5. The van der Waals surface area contributed by atoms with Gasteiger partial charge in [0.1, 0.15) is 5.71 Å². The van der Waals surface area contributed by atoms with Gasteiger partial charge >= 0.3 is 5.97 Å². The molecule has 1 unspecified atom stereocenters. The van der Waals surface area contributed by atoms with E-state index in [9.17, 15) is 14.7 Å². The van der Waals surface area contributed by atoms with Gasteiger partial charge in [0.15, 0.2) is 6.04 Å². The number of para-hydroxylation sites is 1. The maximum Gasteiger partial charge on any atom is 0.328 e. The second-order valence-corrected chi connectivity index (χ2v) is 7.78. The maximum absolute atomic E-state index is 12.8. The molecule has 2 aliphatic rings. The molecule has 152 valence electrons. The van der Waals surface area contributed by atoms with Gasteiger partial charge in [0, 0.05) is 32.6 Å². The number of amides is 1. The Kier molecular flexibility index (Phi) is 6.67. The van der Waals surface area contributed by atoms with Gasteiger partial charge in [-0.15, -0.1) is 0 Å². The number of carbonyl (C=O) groups excluding carboxylic acids is 1. The van der Waals surface area contributed by atoms with Crippen molar-refractivity contribution in [3.8, 4) is 0 Å². The van der Waals surface area contributed by atoms with Crippen LogP contribution in [0.1, 0.15) is 38.5 Å². The number of nitrogens with zero attached hydrogens (tertiary/aromatic N) is 4. The van der Waals surface area contributed by atoms with Crippen molar-refractivity contribution in [3.05, 3.63) is 30.3 Å². The molecule has 7 heteroatoms. The number of rotatable bonds is 7. The van der Waals surface area contributed by atoms with Crippen molar-refractivity contribution in [2.45, 2.75) is 50.6 Å². The van der Waals surface area contributed by atoms with Crippen molar-refractivity contribution in [1.82, 2.24) is 9.80 Å². The zero-order valence-electron chi connectivity index (χ0n) is 16.8. The minimum Gasteiger partial charge on any atom is -0.480 e. The molecule has 7 nitrogen and oxygen atoms in total. The summed E-state index contributed by atoms with van der Waals surface area (Å²) in [5.41, 5.74) is 0.983. The monoisotopic (exact) mass is 386 g/mol. The van der Waals surface area contributed by atoms with Gasteiger partial charge in [-0.25, -0.2) is 4.79 Å². The van der Waals surface area contributed by atoms with E-state index in [0.717, 1.165) is 6.54 Å². The normalized spacial score (nSPS) is 20.3. The smallest absolute Gasteiger partial charge is 0.328 e. The second-order valence-electron chi connectivity index (χ2n) is 7.78. The number of carboxylic acid groups (broad SMARTS) is 1. The minimum atomic E-state index is -0.977. The van der Waals surface area contributed by atoms with Crippen LogP contribution in [0.2, 0.25) is 0 Å². The largest absolute Gasteiger partial charge is 0.480 e. The molecule has 0 bridgehead atoms. The van der Waals surface area contributed by atoms with Crippen molar-refractivity contribution in [1.29, 1.82) is 0 Å². The molecular weight excluding hydrogens is 356 g/mol. The number of likely N-dealkylation sites (N-methyl/N-ethyl adjacent to an activating group) is 2. The van der Waals surface area contributed by atoms with E-state index in [-0.39, 0.29) is 12.3 Å². The highest BCUT2D eigenvalue weighted by Crippen LogP contribution is 2.25. The van der Waals surface area contributed by atoms with Crippen LogP contribution in [0, 0.1) is 0 Å². The molecule has 0 aromatic heterocycles. The molecular formula is C21H30N4O3. The third kappa shape index (κ3) is 4.70. The highest BCUT2D eigenvalue weighted by Gasteiger charge is 2.37. The number of hydrogen-bond acceptors (Lipinski definition) is 5. The molecule has 1 atom stereocenters. The summed E-state index contributed by atoms with van der Waals surface area (Å²) in [5.74, 6) is -1.17. The second kappa shape index (κ2) is 9.19. The third-order valence-electron chi connectivity index (χ3n) is 5.80. The molecule has 1 aromatic rings. The predicted octanol–water partition coefficient (Wildman–Crippen LogP) is 2.43. The standard InChI is InChI=1S/C21H30N4O3/c1-23(16-9-5-3-6-10-16)13-14-24(2)20(26)18-15-19(21(27)28)25(22-18)17-11-7-4-8-12-17/h4,7-8,11-12,16,19H,3,5-6,9-10,13-15H2,1-2H3,(H,27,28). The van der Waals surface area contributed by atoms with Gasteiger partial charge in [-0.05, 0) is 32.0 Å². The van der Waals surface area contributed by atoms with Crippen molar-refractivity contribution in [2.75, 3.05) is 32.2 Å². The topological polar surface area (TPSA) is 76.5 Å². The minimum absolute atomic E-state index is 0.117. The zero-order valence-corrected chi connectivity index (χ0v) is 16.8. The lowest BCUT2D eigenvalue weighted by Crippen LogP contribution is -2.42. The molecule has 1 N–H and O–H groups in total. The van der Waals surface area contributed by atoms with Gasteiger partial charge in [-0.1, -0.05) is 37.5 Å². The number of benzene rings is 1. The third-order valence-corrected chi connectivity index (χ3v) is 5.80. The first-order valence-corrected chi connectivity index (χ1v) is 10.1. The molecule has 0 spiro atoms. The van der Waals surface area contributed by atoms with Gasteiger partial charge in [0.2, 0.25) is 0 Å². The summed E-state index contributed by atoms with van der Waals surface area (Å²) in [5, 5.41) is 15.4. The SMILES string of the molecule is CN(CCN(C)C1CCCCC1)C(=O)C1=NN(c2ccccc2)C(C(=O)O)C1. The average molecular weight is 386 g/mol. The molecule has 1 heterocycles. The molecule has 1 amide bonds. The Labute approximate surface area is 166 Å². The fourth-order valence-corrected chi connectivity index (χ4v) is 3.98. The van der Waals surface area contributed by atoms with E-state index in [0.29, 0.717) is 24.0 Å². The number of aliphatic carboxylic acids is 1.